The van der Waals surface area contributed by atoms with Gasteiger partial charge in [-0.2, -0.15) is 13.0 Å². The molecule has 0 unspecified atom stereocenters. The number of halogens is 2. The van der Waals surface area contributed by atoms with Gasteiger partial charge in [0.15, 0.2) is 0 Å². The van der Waals surface area contributed by atoms with Crippen LogP contribution in [0.2, 0.25) is 0 Å². The van der Waals surface area contributed by atoms with E-state index in [0.29, 0.717) is 0 Å². The van der Waals surface area contributed by atoms with Crippen LogP contribution in [-0.4, -0.2) is 0 Å². The fourth-order valence-corrected chi connectivity index (χ4v) is 0.340. The minimum atomic E-state index is 0. The van der Waals surface area contributed by atoms with E-state index >= 15 is 0 Å². The molecule has 0 aliphatic heterocycles. The van der Waals surface area contributed by atoms with E-state index in [0.717, 1.165) is 6.42 Å². The smallest absolute Gasteiger partial charge is 1.00 e. The summed E-state index contributed by atoms with van der Waals surface area (Å²) in [6.07, 6.45) is 10.0. The largest absolute Gasteiger partial charge is 4.00 e. The third-order valence-corrected chi connectivity index (χ3v) is 0.586. The molecule has 0 aromatic heterocycles. The van der Waals surface area contributed by atoms with E-state index in [1.807, 2.05) is 12.2 Å². The Hall–Kier alpha value is 0.774. The Labute approximate surface area is 90.9 Å². The molecule has 1 aliphatic rings. The van der Waals surface area contributed by atoms with Gasteiger partial charge in [-0.05, 0) is 0 Å². The van der Waals surface area contributed by atoms with E-state index in [4.69, 9.17) is 0 Å². The topological polar surface area (TPSA) is 0 Å². The summed E-state index contributed by atoms with van der Waals surface area (Å²) in [5.74, 6) is 0. The van der Waals surface area contributed by atoms with E-state index in [1.165, 1.54) is 0 Å². The molecule has 1 rings (SSSR count). The summed E-state index contributed by atoms with van der Waals surface area (Å²) in [6, 6.07) is 0. The van der Waals surface area contributed by atoms with Crippen molar-refractivity contribution in [1.82, 2.24) is 0 Å². The molecule has 0 atom stereocenters. The molecule has 0 spiro atoms. The van der Waals surface area contributed by atoms with Gasteiger partial charge in [-0.15, -0.1) is 6.42 Å². The fraction of sp³-hybridized carbons (Fsp3) is 0.286. The number of hydrogen-bond donors (Lipinski definition) is 0. The van der Waals surface area contributed by atoms with Crippen LogP contribution in [0.15, 0.2) is 18.2 Å². The minimum Gasteiger partial charge on any atom is -1.00 e. The first kappa shape index (κ1) is 22.4. The maximum atomic E-state index is 3.25. The van der Waals surface area contributed by atoms with E-state index < -0.39 is 0 Å². The molecule has 56 valence electrons. The van der Waals surface area contributed by atoms with Gasteiger partial charge in [0.2, 0.25) is 0 Å². The van der Waals surface area contributed by atoms with Gasteiger partial charge in [0.1, 0.15) is 0 Å². The van der Waals surface area contributed by atoms with Gasteiger partial charge in [0, 0.05) is 0 Å². The summed E-state index contributed by atoms with van der Waals surface area (Å²) in [4.78, 5) is 0. The van der Waals surface area contributed by atoms with Crippen LogP contribution in [-0.2, 0) is 21.7 Å². The van der Waals surface area contributed by atoms with Crippen molar-refractivity contribution < 1.29 is 46.5 Å². The summed E-state index contributed by atoms with van der Waals surface area (Å²) in [5.41, 5.74) is 0. The molecule has 0 aromatic rings. The molecule has 0 fully saturated rings. The zero-order chi connectivity index (χ0) is 5.54. The quantitative estimate of drug-likeness (QED) is 0.285. The van der Waals surface area contributed by atoms with Crippen LogP contribution in [0.5, 0.6) is 0 Å². The second-order valence-electron chi connectivity index (χ2n) is 1.00. The summed E-state index contributed by atoms with van der Waals surface area (Å²) >= 11 is 0. The van der Waals surface area contributed by atoms with Crippen molar-refractivity contribution in [3.8, 4) is 0 Å². The van der Waals surface area contributed by atoms with Crippen molar-refractivity contribution in [2.45, 2.75) is 13.3 Å². The summed E-state index contributed by atoms with van der Waals surface area (Å²) in [7, 11) is 0. The van der Waals surface area contributed by atoms with Gasteiger partial charge < -0.3 is 31.7 Å². The molecule has 0 amide bonds. The van der Waals surface area contributed by atoms with Crippen molar-refractivity contribution in [1.29, 1.82) is 0 Å². The molecule has 0 heterocycles. The van der Waals surface area contributed by atoms with Crippen LogP contribution in [0.1, 0.15) is 13.3 Å². The van der Waals surface area contributed by atoms with Crippen LogP contribution < -0.4 is 24.8 Å². The average molecular weight is 213 g/mol. The second-order valence-corrected chi connectivity index (χ2v) is 1.00. The van der Waals surface area contributed by atoms with Gasteiger partial charge in [0.25, 0.3) is 0 Å². The predicted octanol–water partition coefficient (Wildman–Crippen LogP) is -3.85. The Kier molecular flexibility index (Phi) is 50.6. The van der Waals surface area contributed by atoms with Crippen molar-refractivity contribution in [3.05, 3.63) is 31.2 Å². The van der Waals surface area contributed by atoms with Gasteiger partial charge in [-0.25, -0.2) is 12.2 Å². The van der Waals surface area contributed by atoms with E-state index in [2.05, 4.69) is 19.1 Å². The molecule has 10 heavy (non-hydrogen) atoms. The standard InChI is InChI=1S/C5H5.C2H5.2ClH.Ti/c1-2-4-5-3-1;1-2;;;/h1-3H,4H2;1H2,2H3;2*1H;/q2*-1;;;+4/p-2. The summed E-state index contributed by atoms with van der Waals surface area (Å²) in [6.45, 7) is 5.00. The molecule has 0 bridgehead atoms. The molecule has 0 nitrogen and oxygen atoms in total. The zero-order valence-electron chi connectivity index (χ0n) is 5.90. The Morgan fingerprint density at radius 3 is 1.90 bits per heavy atom. The number of allylic oxidation sites excluding steroid dienone is 4. The molecule has 0 aromatic carbocycles. The van der Waals surface area contributed by atoms with Crippen LogP contribution >= 0.6 is 0 Å². The molecule has 0 radical (unpaired) electrons. The van der Waals surface area contributed by atoms with E-state index in [1.54, 1.807) is 6.92 Å². The fourth-order valence-electron chi connectivity index (χ4n) is 0.340. The Balaban J connectivity index is -0.0000000337. The molecular weight excluding hydrogens is 203 g/mol. The van der Waals surface area contributed by atoms with E-state index in [9.17, 15) is 0 Å². The van der Waals surface area contributed by atoms with Crippen LogP contribution in [0.25, 0.3) is 0 Å². The van der Waals surface area contributed by atoms with Gasteiger partial charge >= 0.3 is 21.7 Å². The maximum Gasteiger partial charge on any atom is 4.00 e. The second kappa shape index (κ2) is 22.6. The Morgan fingerprint density at radius 1 is 1.30 bits per heavy atom. The number of hydrogen-bond acceptors (Lipinski definition) is 0. The Morgan fingerprint density at radius 2 is 1.80 bits per heavy atom. The molecule has 0 N–H and O–H groups in total. The normalized spacial score (nSPS) is 9.40. The first-order valence-electron chi connectivity index (χ1n) is 2.42. The maximum absolute atomic E-state index is 3.25. The third-order valence-electron chi connectivity index (χ3n) is 0.586. The summed E-state index contributed by atoms with van der Waals surface area (Å²) in [5, 5.41) is 0. The molecule has 0 saturated heterocycles. The third kappa shape index (κ3) is 15.9. The first-order valence-corrected chi connectivity index (χ1v) is 2.42. The zero-order valence-corrected chi connectivity index (χ0v) is 8.98. The van der Waals surface area contributed by atoms with Gasteiger partial charge in [-0.1, -0.05) is 0 Å². The molecule has 1 aliphatic carbocycles. The molecule has 0 saturated carbocycles. The van der Waals surface area contributed by atoms with Gasteiger partial charge in [-0.3, -0.25) is 6.08 Å². The van der Waals surface area contributed by atoms with Crippen molar-refractivity contribution in [3.63, 3.8) is 0 Å². The van der Waals surface area contributed by atoms with Gasteiger partial charge in [0.05, 0.1) is 0 Å². The first-order chi connectivity index (χ1) is 3.50. The van der Waals surface area contributed by atoms with Crippen molar-refractivity contribution in [2.24, 2.45) is 0 Å². The van der Waals surface area contributed by atoms with Crippen molar-refractivity contribution >= 4 is 0 Å². The van der Waals surface area contributed by atoms with Crippen LogP contribution in [0.3, 0.4) is 0 Å². The molecular formula is C7H10Cl2Ti. The number of rotatable bonds is 0. The SMILES string of the molecule is [C-]1=CC=CC1.[CH2-]C.[Cl-].[Cl-].[Ti+4]. The molecule has 3 heteroatoms. The minimum absolute atomic E-state index is 0. The van der Waals surface area contributed by atoms with Crippen molar-refractivity contribution in [2.75, 3.05) is 0 Å². The average Bonchev–Trinajstić information content (AvgIpc) is 2.23. The monoisotopic (exact) mass is 212 g/mol. The van der Waals surface area contributed by atoms with Crippen LogP contribution in [0, 0.1) is 13.0 Å². The Bertz CT molecular complexity index is 69.7. The summed E-state index contributed by atoms with van der Waals surface area (Å²) < 4.78 is 0. The predicted molar refractivity (Wildman–Crippen MR) is 32.6 cm³/mol. The van der Waals surface area contributed by atoms with E-state index in [-0.39, 0.29) is 46.5 Å². The van der Waals surface area contributed by atoms with Crippen LogP contribution in [0.4, 0.5) is 0 Å².